The lowest BCUT2D eigenvalue weighted by atomic mass is 10.3. The zero-order chi connectivity index (χ0) is 13.1. The second kappa shape index (κ2) is 5.18. The van der Waals surface area contributed by atoms with E-state index in [1.807, 2.05) is 4.90 Å². The number of aliphatic hydroxyl groups is 1. The molecule has 1 atom stereocenters. The number of anilines is 2. The predicted molar refractivity (Wildman–Crippen MR) is 66.9 cm³/mol. The highest BCUT2D eigenvalue weighted by atomic mass is 16.3. The molecule has 0 unspecified atom stereocenters. The Labute approximate surface area is 105 Å². The van der Waals surface area contributed by atoms with Crippen molar-refractivity contribution in [2.75, 3.05) is 36.8 Å². The Balaban J connectivity index is 2.13. The maximum Gasteiger partial charge on any atom is 0.219 e. The number of β-amino-alcohol motifs (C(OH)–C–C–N with tert-alkyl or cyclic N) is 1. The van der Waals surface area contributed by atoms with Crippen molar-refractivity contribution >= 4 is 17.5 Å². The maximum atomic E-state index is 11.3. The van der Waals surface area contributed by atoms with E-state index in [2.05, 4.69) is 9.97 Å². The highest BCUT2D eigenvalue weighted by Gasteiger charge is 2.23. The molecule has 0 saturated carbocycles. The summed E-state index contributed by atoms with van der Waals surface area (Å²) >= 11 is 0. The number of rotatable bonds is 1. The second-order valence-corrected chi connectivity index (χ2v) is 4.37. The van der Waals surface area contributed by atoms with Gasteiger partial charge in [-0.2, -0.15) is 0 Å². The van der Waals surface area contributed by atoms with Crippen LogP contribution in [0, 0.1) is 0 Å². The van der Waals surface area contributed by atoms with Crippen LogP contribution in [0.4, 0.5) is 11.6 Å². The summed E-state index contributed by atoms with van der Waals surface area (Å²) in [5.74, 6) is 1.03. The summed E-state index contributed by atoms with van der Waals surface area (Å²) in [6, 6.07) is 1.66. The number of hydrogen-bond donors (Lipinski definition) is 2. The summed E-state index contributed by atoms with van der Waals surface area (Å²) in [7, 11) is 0. The van der Waals surface area contributed by atoms with E-state index in [4.69, 9.17) is 5.73 Å². The lowest BCUT2D eigenvalue weighted by Gasteiger charge is -2.22. The third-order valence-corrected chi connectivity index (χ3v) is 2.95. The molecule has 1 aliphatic heterocycles. The van der Waals surface area contributed by atoms with Crippen molar-refractivity contribution in [2.45, 2.75) is 13.0 Å². The second-order valence-electron chi connectivity index (χ2n) is 4.37. The van der Waals surface area contributed by atoms with Crippen LogP contribution >= 0.6 is 0 Å². The average Bonchev–Trinajstić information content (AvgIpc) is 2.51. The first-order valence-electron chi connectivity index (χ1n) is 5.82. The monoisotopic (exact) mass is 251 g/mol. The van der Waals surface area contributed by atoms with E-state index in [0.29, 0.717) is 37.8 Å². The summed E-state index contributed by atoms with van der Waals surface area (Å²) in [4.78, 5) is 22.9. The van der Waals surface area contributed by atoms with Gasteiger partial charge < -0.3 is 20.6 Å². The van der Waals surface area contributed by atoms with Crippen LogP contribution in [0.25, 0.3) is 0 Å². The number of nitrogens with zero attached hydrogens (tertiary/aromatic N) is 4. The topological polar surface area (TPSA) is 95.6 Å². The minimum absolute atomic E-state index is 0.0295. The van der Waals surface area contributed by atoms with E-state index >= 15 is 0 Å². The number of carbonyl (C=O) groups excluding carboxylic acids is 1. The number of hydrogen-bond acceptors (Lipinski definition) is 6. The molecular weight excluding hydrogens is 234 g/mol. The van der Waals surface area contributed by atoms with Crippen LogP contribution < -0.4 is 10.6 Å². The van der Waals surface area contributed by atoms with Gasteiger partial charge in [-0.15, -0.1) is 0 Å². The molecule has 2 heterocycles. The van der Waals surface area contributed by atoms with Gasteiger partial charge in [0.25, 0.3) is 0 Å². The van der Waals surface area contributed by atoms with Crippen LogP contribution in [0.3, 0.4) is 0 Å². The van der Waals surface area contributed by atoms with Crippen LogP contribution in [-0.2, 0) is 4.79 Å². The third-order valence-electron chi connectivity index (χ3n) is 2.95. The molecule has 2 rings (SSSR count). The van der Waals surface area contributed by atoms with E-state index in [-0.39, 0.29) is 5.91 Å². The van der Waals surface area contributed by atoms with E-state index in [9.17, 15) is 9.90 Å². The fourth-order valence-electron chi connectivity index (χ4n) is 2.02. The average molecular weight is 251 g/mol. The Kier molecular flexibility index (Phi) is 3.61. The summed E-state index contributed by atoms with van der Waals surface area (Å²) < 4.78 is 0. The summed E-state index contributed by atoms with van der Waals surface area (Å²) in [5.41, 5.74) is 5.61. The maximum absolute atomic E-state index is 11.3. The molecule has 98 valence electrons. The fraction of sp³-hybridized carbons (Fsp3) is 0.545. The van der Waals surface area contributed by atoms with Crippen molar-refractivity contribution in [1.82, 2.24) is 14.9 Å². The summed E-state index contributed by atoms with van der Waals surface area (Å²) in [6.07, 6.45) is 0.803. The van der Waals surface area contributed by atoms with Gasteiger partial charge in [-0.25, -0.2) is 9.97 Å². The lowest BCUT2D eigenvalue weighted by Crippen LogP contribution is -2.36. The molecule has 18 heavy (non-hydrogen) atoms. The van der Waals surface area contributed by atoms with E-state index in [1.54, 1.807) is 11.0 Å². The van der Waals surface area contributed by atoms with Crippen molar-refractivity contribution in [2.24, 2.45) is 0 Å². The molecule has 7 heteroatoms. The summed E-state index contributed by atoms with van der Waals surface area (Å²) in [6.45, 7) is 3.47. The van der Waals surface area contributed by atoms with E-state index in [1.165, 1.54) is 13.3 Å². The Hall–Kier alpha value is -1.89. The third kappa shape index (κ3) is 2.86. The van der Waals surface area contributed by atoms with Gasteiger partial charge >= 0.3 is 0 Å². The molecule has 0 aromatic carbocycles. The zero-order valence-corrected chi connectivity index (χ0v) is 10.3. The number of aromatic nitrogens is 2. The fourth-order valence-corrected chi connectivity index (χ4v) is 2.02. The molecule has 1 aliphatic rings. The van der Waals surface area contributed by atoms with Crippen LogP contribution in [0.15, 0.2) is 12.4 Å². The standard InChI is InChI=1S/C11H17N5O2/c1-8(17)15-2-3-16(6-9(18)5-15)11-4-10(12)13-7-14-11/h4,7,9,18H,2-3,5-6H2,1H3,(H2,12,13,14)/t9-/m1/s1. The quantitative estimate of drug-likeness (QED) is 0.671. The van der Waals surface area contributed by atoms with Gasteiger partial charge in [-0.05, 0) is 0 Å². The Morgan fingerprint density at radius 3 is 2.89 bits per heavy atom. The Morgan fingerprint density at radius 1 is 1.44 bits per heavy atom. The number of nitrogen functional groups attached to an aromatic ring is 1. The molecule has 3 N–H and O–H groups in total. The molecular formula is C11H17N5O2. The number of carbonyl (C=O) groups is 1. The number of amides is 1. The van der Waals surface area contributed by atoms with Gasteiger partial charge in [0.2, 0.25) is 5.91 Å². The molecule has 1 saturated heterocycles. The van der Waals surface area contributed by atoms with E-state index < -0.39 is 6.10 Å². The van der Waals surface area contributed by atoms with Crippen LogP contribution in [-0.4, -0.2) is 58.2 Å². The molecule has 1 amide bonds. The first-order chi connectivity index (χ1) is 8.56. The highest BCUT2D eigenvalue weighted by Crippen LogP contribution is 2.15. The Morgan fingerprint density at radius 2 is 2.22 bits per heavy atom. The van der Waals surface area contributed by atoms with Crippen molar-refractivity contribution in [3.63, 3.8) is 0 Å². The SMILES string of the molecule is CC(=O)N1CCN(c2cc(N)ncn2)C[C@H](O)C1. The molecule has 0 radical (unpaired) electrons. The van der Waals surface area contributed by atoms with Gasteiger partial charge in [0, 0.05) is 39.2 Å². The van der Waals surface area contributed by atoms with Crippen LogP contribution in [0.5, 0.6) is 0 Å². The van der Waals surface area contributed by atoms with Crippen LogP contribution in [0.1, 0.15) is 6.92 Å². The van der Waals surface area contributed by atoms with Gasteiger partial charge in [0.15, 0.2) is 0 Å². The van der Waals surface area contributed by atoms with Crippen molar-refractivity contribution in [3.05, 3.63) is 12.4 Å². The number of nitrogens with two attached hydrogens (primary N) is 1. The predicted octanol–water partition coefficient (Wildman–Crippen LogP) is -0.912. The molecule has 1 aromatic heterocycles. The van der Waals surface area contributed by atoms with Crippen molar-refractivity contribution in [1.29, 1.82) is 0 Å². The van der Waals surface area contributed by atoms with Crippen molar-refractivity contribution in [3.8, 4) is 0 Å². The highest BCUT2D eigenvalue weighted by molar-refractivity contribution is 5.73. The van der Waals surface area contributed by atoms with Crippen LogP contribution in [0.2, 0.25) is 0 Å². The first kappa shape index (κ1) is 12.6. The summed E-state index contributed by atoms with van der Waals surface area (Å²) in [5, 5.41) is 9.90. The van der Waals surface area contributed by atoms with Gasteiger partial charge in [-0.1, -0.05) is 0 Å². The number of aliphatic hydroxyl groups excluding tert-OH is 1. The molecule has 0 bridgehead atoms. The minimum atomic E-state index is -0.590. The molecule has 0 aliphatic carbocycles. The largest absolute Gasteiger partial charge is 0.389 e. The Bertz CT molecular complexity index is 439. The smallest absolute Gasteiger partial charge is 0.219 e. The zero-order valence-electron chi connectivity index (χ0n) is 10.3. The first-order valence-corrected chi connectivity index (χ1v) is 5.82. The normalized spacial score (nSPS) is 20.7. The molecule has 0 spiro atoms. The van der Waals surface area contributed by atoms with E-state index in [0.717, 1.165) is 0 Å². The van der Waals surface area contributed by atoms with Crippen molar-refractivity contribution < 1.29 is 9.90 Å². The van der Waals surface area contributed by atoms with Gasteiger partial charge in [0.1, 0.15) is 18.0 Å². The molecule has 7 nitrogen and oxygen atoms in total. The minimum Gasteiger partial charge on any atom is -0.389 e. The molecule has 1 aromatic rings. The van der Waals surface area contributed by atoms with Gasteiger partial charge in [0.05, 0.1) is 6.10 Å². The lowest BCUT2D eigenvalue weighted by molar-refractivity contribution is -0.129. The van der Waals surface area contributed by atoms with Gasteiger partial charge in [-0.3, -0.25) is 4.79 Å². The molecule has 1 fully saturated rings.